The Labute approximate surface area is 108 Å². The Bertz CT molecular complexity index is 561. The molecule has 0 amide bonds. The third kappa shape index (κ3) is 1.80. The summed E-state index contributed by atoms with van der Waals surface area (Å²) >= 11 is 0. The number of nitrogens with zero attached hydrogens (tertiary/aromatic N) is 2. The number of rotatable bonds is 3. The van der Waals surface area contributed by atoms with Gasteiger partial charge < -0.3 is 4.90 Å². The average Bonchev–Trinajstić information content (AvgIpc) is 2.85. The van der Waals surface area contributed by atoms with Crippen molar-refractivity contribution in [1.82, 2.24) is 4.98 Å². The molecule has 0 atom stereocenters. The number of allylic oxidation sites excluding steroid dienone is 1. The zero-order valence-electron chi connectivity index (χ0n) is 10.3. The Kier molecular flexibility index (Phi) is 2.85. The maximum atomic E-state index is 4.46. The molecule has 0 radical (unpaired) electrons. The number of hydrogen-bond acceptors (Lipinski definition) is 2. The number of fused-ring (bicyclic) bond motifs is 1. The quantitative estimate of drug-likeness (QED) is 0.758. The number of para-hydroxylation sites is 1. The van der Waals surface area contributed by atoms with Crippen LogP contribution in [0.15, 0.2) is 55.3 Å². The normalized spacial score (nSPS) is 13.4. The van der Waals surface area contributed by atoms with Gasteiger partial charge in [0.15, 0.2) is 0 Å². The lowest BCUT2D eigenvalue weighted by atomic mass is 10.0. The molecule has 0 N–H and O–H groups in total. The first-order valence-corrected chi connectivity index (χ1v) is 6.30. The minimum atomic E-state index is 0.909. The number of pyridine rings is 1. The zero-order chi connectivity index (χ0) is 12.4. The molecule has 1 aromatic carbocycles. The number of benzene rings is 1. The zero-order valence-corrected chi connectivity index (χ0v) is 10.3. The second-order valence-electron chi connectivity index (χ2n) is 4.51. The summed E-state index contributed by atoms with van der Waals surface area (Å²) in [5.74, 6) is 1.03. The largest absolute Gasteiger partial charge is 0.326 e. The van der Waals surface area contributed by atoms with Crippen LogP contribution in [0.2, 0.25) is 0 Å². The minimum Gasteiger partial charge on any atom is -0.326 e. The fraction of sp³-hybridized carbons (Fsp3) is 0.188. The monoisotopic (exact) mass is 236 g/mol. The van der Waals surface area contributed by atoms with Gasteiger partial charge in [0.25, 0.3) is 0 Å². The second-order valence-corrected chi connectivity index (χ2v) is 4.51. The van der Waals surface area contributed by atoms with Gasteiger partial charge in [0.05, 0.1) is 0 Å². The van der Waals surface area contributed by atoms with Crippen molar-refractivity contribution < 1.29 is 0 Å². The van der Waals surface area contributed by atoms with Crippen LogP contribution in [-0.2, 0) is 12.8 Å². The Morgan fingerprint density at radius 3 is 2.94 bits per heavy atom. The van der Waals surface area contributed by atoms with Gasteiger partial charge in [0.2, 0.25) is 0 Å². The van der Waals surface area contributed by atoms with E-state index in [1.165, 1.54) is 16.8 Å². The summed E-state index contributed by atoms with van der Waals surface area (Å²) in [7, 11) is 0. The molecule has 0 bridgehead atoms. The molecule has 18 heavy (non-hydrogen) atoms. The maximum Gasteiger partial charge on any atom is 0.132 e. The molecule has 2 heterocycles. The Morgan fingerprint density at radius 1 is 1.22 bits per heavy atom. The predicted molar refractivity (Wildman–Crippen MR) is 75.3 cm³/mol. The lowest BCUT2D eigenvalue weighted by Crippen LogP contribution is -2.15. The van der Waals surface area contributed by atoms with Crippen LogP contribution in [-0.4, -0.2) is 11.5 Å². The molecule has 0 saturated carbocycles. The predicted octanol–water partition coefficient (Wildman–Crippen LogP) is 3.50. The highest BCUT2D eigenvalue weighted by Crippen LogP contribution is 2.36. The van der Waals surface area contributed by atoms with Crippen LogP contribution in [0.4, 0.5) is 11.5 Å². The van der Waals surface area contributed by atoms with Crippen LogP contribution in [0.5, 0.6) is 0 Å². The van der Waals surface area contributed by atoms with E-state index in [1.807, 2.05) is 24.4 Å². The Hall–Kier alpha value is -2.09. The van der Waals surface area contributed by atoms with Crippen LogP contribution >= 0.6 is 0 Å². The smallest absolute Gasteiger partial charge is 0.132 e. The second kappa shape index (κ2) is 4.65. The molecule has 1 aliphatic rings. The molecule has 0 spiro atoms. The van der Waals surface area contributed by atoms with E-state index >= 15 is 0 Å². The topological polar surface area (TPSA) is 16.1 Å². The Morgan fingerprint density at radius 2 is 2.17 bits per heavy atom. The third-order valence-electron chi connectivity index (χ3n) is 3.37. The van der Waals surface area contributed by atoms with Crippen molar-refractivity contribution in [3.05, 3.63) is 66.4 Å². The van der Waals surface area contributed by atoms with Crippen molar-refractivity contribution in [3.63, 3.8) is 0 Å². The highest BCUT2D eigenvalue weighted by atomic mass is 15.2. The number of hydrogen-bond donors (Lipinski definition) is 0. The van der Waals surface area contributed by atoms with Crippen molar-refractivity contribution in [1.29, 1.82) is 0 Å². The first-order valence-electron chi connectivity index (χ1n) is 6.30. The van der Waals surface area contributed by atoms with Gasteiger partial charge in [-0.2, -0.15) is 0 Å². The summed E-state index contributed by atoms with van der Waals surface area (Å²) in [5.41, 5.74) is 4.08. The third-order valence-corrected chi connectivity index (χ3v) is 3.37. The van der Waals surface area contributed by atoms with Crippen LogP contribution in [0.3, 0.4) is 0 Å². The van der Waals surface area contributed by atoms with E-state index in [2.05, 4.69) is 40.7 Å². The molecule has 3 rings (SSSR count). The van der Waals surface area contributed by atoms with Gasteiger partial charge in [0, 0.05) is 18.4 Å². The maximum absolute atomic E-state index is 4.46. The molecular weight excluding hydrogens is 220 g/mol. The van der Waals surface area contributed by atoms with E-state index in [0.717, 1.165) is 25.2 Å². The summed E-state index contributed by atoms with van der Waals surface area (Å²) in [6, 6.07) is 12.6. The van der Waals surface area contributed by atoms with Crippen LogP contribution in [0, 0.1) is 0 Å². The van der Waals surface area contributed by atoms with Gasteiger partial charge in [0.1, 0.15) is 5.82 Å². The summed E-state index contributed by atoms with van der Waals surface area (Å²) < 4.78 is 0. The molecule has 1 aromatic heterocycles. The van der Waals surface area contributed by atoms with Crippen LogP contribution < -0.4 is 4.90 Å². The molecule has 2 aromatic rings. The SMILES string of the molecule is C=CCc1cccc2c1N(c1ccccn1)CC2. The lowest BCUT2D eigenvalue weighted by molar-refractivity contribution is 0.971. The molecule has 90 valence electrons. The van der Waals surface area contributed by atoms with Gasteiger partial charge in [-0.05, 0) is 36.1 Å². The minimum absolute atomic E-state index is 0.909. The van der Waals surface area contributed by atoms with Gasteiger partial charge in [-0.1, -0.05) is 30.3 Å². The summed E-state index contributed by atoms with van der Waals surface area (Å²) in [6.45, 7) is 4.86. The molecule has 2 nitrogen and oxygen atoms in total. The van der Waals surface area contributed by atoms with Gasteiger partial charge >= 0.3 is 0 Å². The molecule has 0 saturated heterocycles. The van der Waals surface area contributed by atoms with Crippen molar-refractivity contribution in [2.24, 2.45) is 0 Å². The molecule has 2 heteroatoms. The van der Waals surface area contributed by atoms with Crippen molar-refractivity contribution in [2.45, 2.75) is 12.8 Å². The van der Waals surface area contributed by atoms with Crippen molar-refractivity contribution >= 4 is 11.5 Å². The van der Waals surface area contributed by atoms with E-state index in [1.54, 1.807) is 0 Å². The number of aromatic nitrogens is 1. The molecular formula is C16H16N2. The van der Waals surface area contributed by atoms with Crippen molar-refractivity contribution in [2.75, 3.05) is 11.4 Å². The van der Waals surface area contributed by atoms with E-state index < -0.39 is 0 Å². The van der Waals surface area contributed by atoms with E-state index in [-0.39, 0.29) is 0 Å². The lowest BCUT2D eigenvalue weighted by Gasteiger charge is -2.20. The standard InChI is InChI=1S/C16H16N2/c1-2-6-13-7-5-8-14-10-12-18(16(13)14)15-9-3-4-11-17-15/h2-5,7-9,11H,1,6,10,12H2. The highest BCUT2D eigenvalue weighted by molar-refractivity contribution is 5.71. The Balaban J connectivity index is 2.07. The van der Waals surface area contributed by atoms with Gasteiger partial charge in [-0.25, -0.2) is 4.98 Å². The van der Waals surface area contributed by atoms with E-state index in [9.17, 15) is 0 Å². The molecule has 0 fully saturated rings. The summed E-state index contributed by atoms with van der Waals surface area (Å²) in [4.78, 5) is 6.77. The van der Waals surface area contributed by atoms with Gasteiger partial charge in [-0.3, -0.25) is 0 Å². The highest BCUT2D eigenvalue weighted by Gasteiger charge is 2.23. The van der Waals surface area contributed by atoms with E-state index in [0.29, 0.717) is 0 Å². The van der Waals surface area contributed by atoms with Crippen molar-refractivity contribution in [3.8, 4) is 0 Å². The molecule has 0 aliphatic carbocycles. The summed E-state index contributed by atoms with van der Waals surface area (Å²) in [5, 5.41) is 0. The molecule has 1 aliphatic heterocycles. The first kappa shape index (κ1) is 11.0. The molecule has 0 unspecified atom stereocenters. The summed E-state index contributed by atoms with van der Waals surface area (Å²) in [6.07, 6.45) is 5.82. The van der Waals surface area contributed by atoms with Crippen LogP contribution in [0.25, 0.3) is 0 Å². The van der Waals surface area contributed by atoms with Crippen LogP contribution in [0.1, 0.15) is 11.1 Å². The fourth-order valence-electron chi connectivity index (χ4n) is 2.60. The number of anilines is 2. The van der Waals surface area contributed by atoms with E-state index in [4.69, 9.17) is 0 Å². The average molecular weight is 236 g/mol. The first-order chi connectivity index (χ1) is 8.90. The van der Waals surface area contributed by atoms with Gasteiger partial charge in [-0.15, -0.1) is 6.58 Å². The fourth-order valence-corrected chi connectivity index (χ4v) is 2.60.